The van der Waals surface area contributed by atoms with E-state index < -0.39 is 62.8 Å². The lowest BCUT2D eigenvalue weighted by Crippen LogP contribution is -2.52. The number of carbonyl (C=O) groups excluding carboxylic acids is 2. The van der Waals surface area contributed by atoms with Crippen LogP contribution in [0.25, 0.3) is 0 Å². The van der Waals surface area contributed by atoms with E-state index >= 15 is 0 Å². The zero-order chi connectivity index (χ0) is 28.3. The van der Waals surface area contributed by atoms with E-state index in [0.29, 0.717) is 23.4 Å². The number of methoxy groups -OCH3 is 1. The summed E-state index contributed by atoms with van der Waals surface area (Å²) >= 11 is 0. The first-order valence-corrected chi connectivity index (χ1v) is 12.7. The van der Waals surface area contributed by atoms with Crippen LogP contribution in [-0.2, 0) is 32.2 Å². The Morgan fingerprint density at radius 1 is 1.16 bits per heavy atom. The number of hydrogen-bond donors (Lipinski definition) is 5. The molecule has 0 heterocycles. The maximum absolute atomic E-state index is 13.0. The number of nitrogens with one attached hydrogen (secondary N) is 2. The second-order valence-corrected chi connectivity index (χ2v) is 10.3. The summed E-state index contributed by atoms with van der Waals surface area (Å²) in [7, 11) is -3.13. The summed E-state index contributed by atoms with van der Waals surface area (Å²) in [6, 6.07) is 6.86. The van der Waals surface area contributed by atoms with Crippen LogP contribution in [0.5, 0.6) is 5.75 Å². The summed E-state index contributed by atoms with van der Waals surface area (Å²) in [6.45, 7) is 0. The molecule has 14 heteroatoms. The van der Waals surface area contributed by atoms with Gasteiger partial charge in [0.2, 0.25) is 21.8 Å². The molecule has 4 atom stereocenters. The number of ether oxygens (including phenoxy) is 1. The molecule has 3 rings (SSSR count). The molecule has 0 fully saturated rings. The third-order valence-electron chi connectivity index (χ3n) is 5.87. The van der Waals surface area contributed by atoms with E-state index in [1.807, 2.05) is 4.72 Å². The van der Waals surface area contributed by atoms with Crippen molar-refractivity contribution >= 4 is 21.8 Å². The zero-order valence-corrected chi connectivity index (χ0v) is 20.8. The van der Waals surface area contributed by atoms with Gasteiger partial charge in [0, 0.05) is 18.4 Å². The Bertz CT molecular complexity index is 1310. The number of hydrogen-bond acceptors (Lipinski definition) is 7. The van der Waals surface area contributed by atoms with Crippen LogP contribution < -0.4 is 20.5 Å². The molecule has 2 amide bonds. The Hall–Kier alpha value is -3.46. The molecule has 0 spiro atoms. The molecular weight excluding hydrogens is 531 g/mol. The Morgan fingerprint density at radius 2 is 1.82 bits per heavy atom. The second kappa shape index (κ2) is 11.5. The highest BCUT2D eigenvalue weighted by atomic mass is 32.2. The summed E-state index contributed by atoms with van der Waals surface area (Å²) in [4.78, 5) is 24.1. The molecule has 0 saturated heterocycles. The van der Waals surface area contributed by atoms with E-state index in [-0.39, 0.29) is 18.4 Å². The number of sulfonamides is 1. The van der Waals surface area contributed by atoms with Crippen LogP contribution in [0.1, 0.15) is 17.5 Å². The molecule has 2 aromatic rings. The maximum atomic E-state index is 13.0. The number of nitrogens with two attached hydrogens (primary N) is 1. The van der Waals surface area contributed by atoms with Gasteiger partial charge in [-0.15, -0.1) is 0 Å². The predicted molar refractivity (Wildman–Crippen MR) is 128 cm³/mol. The lowest BCUT2D eigenvalue weighted by molar-refractivity contribution is -0.137. The zero-order valence-electron chi connectivity index (χ0n) is 20.0. The monoisotopic (exact) mass is 557 g/mol. The van der Waals surface area contributed by atoms with E-state index in [9.17, 15) is 41.4 Å². The van der Waals surface area contributed by atoms with Crippen molar-refractivity contribution in [2.45, 2.75) is 48.2 Å². The Labute approximate surface area is 216 Å². The molecule has 6 N–H and O–H groups in total. The van der Waals surface area contributed by atoms with E-state index in [1.54, 1.807) is 24.3 Å². The van der Waals surface area contributed by atoms with Crippen LogP contribution in [0.2, 0.25) is 0 Å². The van der Waals surface area contributed by atoms with Crippen molar-refractivity contribution in [1.29, 1.82) is 0 Å². The summed E-state index contributed by atoms with van der Waals surface area (Å²) in [5.74, 6) is -1.13. The number of halogens is 3. The van der Waals surface area contributed by atoms with E-state index in [2.05, 4.69) is 5.32 Å². The van der Waals surface area contributed by atoms with Gasteiger partial charge in [-0.25, -0.2) is 13.1 Å². The van der Waals surface area contributed by atoms with Crippen molar-refractivity contribution in [3.05, 3.63) is 71.3 Å². The quantitative estimate of drug-likeness (QED) is 0.301. The van der Waals surface area contributed by atoms with Gasteiger partial charge in [0.05, 0.1) is 29.7 Å². The van der Waals surface area contributed by atoms with Crippen LogP contribution in [0.4, 0.5) is 13.2 Å². The molecule has 0 aliphatic heterocycles. The number of rotatable bonds is 9. The Balaban J connectivity index is 1.80. The van der Waals surface area contributed by atoms with Crippen molar-refractivity contribution in [2.24, 2.45) is 5.73 Å². The highest BCUT2D eigenvalue weighted by Gasteiger charge is 2.37. The van der Waals surface area contributed by atoms with Gasteiger partial charge >= 0.3 is 6.18 Å². The fourth-order valence-corrected chi connectivity index (χ4v) is 5.04. The third-order valence-corrected chi connectivity index (χ3v) is 7.33. The fourth-order valence-electron chi connectivity index (χ4n) is 3.80. The number of alkyl halides is 3. The predicted octanol–water partition coefficient (Wildman–Crippen LogP) is 0.626. The highest BCUT2D eigenvalue weighted by molar-refractivity contribution is 7.89. The lowest BCUT2D eigenvalue weighted by atomic mass is 9.90. The summed E-state index contributed by atoms with van der Waals surface area (Å²) in [5.41, 5.74) is 4.71. The molecule has 38 heavy (non-hydrogen) atoms. The minimum atomic E-state index is -4.79. The molecule has 1 aliphatic carbocycles. The first kappa shape index (κ1) is 29.1. The van der Waals surface area contributed by atoms with Crippen molar-refractivity contribution in [1.82, 2.24) is 10.0 Å². The molecule has 0 aromatic heterocycles. The first-order chi connectivity index (χ1) is 17.7. The van der Waals surface area contributed by atoms with Crippen molar-refractivity contribution < 1.29 is 46.1 Å². The van der Waals surface area contributed by atoms with E-state index in [4.69, 9.17) is 10.5 Å². The van der Waals surface area contributed by atoms with Crippen LogP contribution in [0.3, 0.4) is 0 Å². The van der Waals surface area contributed by atoms with Gasteiger partial charge in [-0.3, -0.25) is 9.59 Å². The maximum Gasteiger partial charge on any atom is 0.416 e. The minimum Gasteiger partial charge on any atom is -0.497 e. The fraction of sp³-hybridized carbons (Fsp3) is 0.333. The molecule has 0 radical (unpaired) electrons. The lowest BCUT2D eigenvalue weighted by Gasteiger charge is -2.31. The van der Waals surface area contributed by atoms with Gasteiger partial charge in [0.25, 0.3) is 0 Å². The Morgan fingerprint density at radius 3 is 2.39 bits per heavy atom. The van der Waals surface area contributed by atoms with Crippen molar-refractivity contribution in [3.63, 3.8) is 0 Å². The van der Waals surface area contributed by atoms with E-state index in [0.717, 1.165) is 18.2 Å². The number of carbonyl (C=O) groups is 2. The van der Waals surface area contributed by atoms with Gasteiger partial charge in [-0.1, -0.05) is 24.3 Å². The van der Waals surface area contributed by atoms with Gasteiger partial charge in [0.1, 0.15) is 17.9 Å². The summed E-state index contributed by atoms with van der Waals surface area (Å²) in [5, 5.41) is 23.0. The first-order valence-electron chi connectivity index (χ1n) is 11.2. The van der Waals surface area contributed by atoms with Crippen LogP contribution in [-0.4, -0.2) is 61.8 Å². The minimum absolute atomic E-state index is 0.0229. The highest BCUT2D eigenvalue weighted by Crippen LogP contribution is 2.31. The molecule has 0 bridgehead atoms. The van der Waals surface area contributed by atoms with E-state index in [1.165, 1.54) is 7.11 Å². The average molecular weight is 558 g/mol. The topological polar surface area (TPSA) is 168 Å². The van der Waals surface area contributed by atoms with Crippen molar-refractivity contribution in [3.8, 4) is 5.75 Å². The molecule has 0 unspecified atom stereocenters. The second-order valence-electron chi connectivity index (χ2n) is 8.61. The normalized spacial score (nSPS) is 20.8. The number of benzene rings is 2. The van der Waals surface area contributed by atoms with Crippen LogP contribution in [0.15, 0.2) is 65.1 Å². The molecule has 10 nitrogen and oxygen atoms in total. The molecule has 1 aliphatic rings. The van der Waals surface area contributed by atoms with Crippen molar-refractivity contribution in [2.75, 3.05) is 7.11 Å². The largest absolute Gasteiger partial charge is 0.497 e. The number of aliphatic hydroxyl groups excluding tert-OH is 2. The standard InChI is InChI=1S/C24H26F3N3O7S/c1-37-16-7-5-13(6-8-16)9-19(22(28)33)29-23(34)14-10-18(21(32)20(31)11-14)30-38(35,36)17-4-2-3-15(12-17)24(25,26)27/h2-8,10,12,18-21,30-32H,9,11H2,1H3,(H2,28,33)(H,29,34)/t18-,19+,20-,21-/m1/s1. The molecule has 2 aromatic carbocycles. The van der Waals surface area contributed by atoms with Crippen LogP contribution >= 0.6 is 0 Å². The van der Waals surface area contributed by atoms with Gasteiger partial charge < -0.3 is 26.0 Å². The van der Waals surface area contributed by atoms with Gasteiger partial charge in [-0.2, -0.15) is 13.2 Å². The summed E-state index contributed by atoms with van der Waals surface area (Å²) < 4.78 is 71.6. The van der Waals surface area contributed by atoms with Gasteiger partial charge in [0.15, 0.2) is 0 Å². The number of amides is 2. The average Bonchev–Trinajstić information content (AvgIpc) is 2.86. The molecule has 206 valence electrons. The number of aliphatic hydroxyl groups is 2. The SMILES string of the molecule is COc1ccc(C[C@H](NC(=O)C2=C[C@@H](NS(=O)(=O)c3cccc(C(F)(F)F)c3)[C@@H](O)[C@H](O)C2)C(N)=O)cc1. The smallest absolute Gasteiger partial charge is 0.416 e. The van der Waals surface area contributed by atoms with Crippen LogP contribution in [0, 0.1) is 0 Å². The Kier molecular flexibility index (Phi) is 8.82. The van der Waals surface area contributed by atoms with Gasteiger partial charge in [-0.05, 0) is 35.9 Å². The third kappa shape index (κ3) is 7.10. The molecular formula is C24H26F3N3O7S. The molecule has 0 saturated carbocycles. The number of primary amides is 1. The summed E-state index contributed by atoms with van der Waals surface area (Å²) in [6.07, 6.45) is -7.43.